The molecule has 5 nitrogen and oxygen atoms in total. The van der Waals surface area contributed by atoms with Crippen LogP contribution in [0.5, 0.6) is 0 Å². The summed E-state index contributed by atoms with van der Waals surface area (Å²) < 4.78 is 0. The molecule has 0 saturated heterocycles. The quantitative estimate of drug-likeness (QED) is 0.778. The minimum absolute atomic E-state index is 0.0455. The van der Waals surface area contributed by atoms with E-state index in [-0.39, 0.29) is 11.4 Å². The summed E-state index contributed by atoms with van der Waals surface area (Å²) in [6, 6.07) is 15.3. The Morgan fingerprint density at radius 2 is 1.85 bits per heavy atom. The lowest BCUT2D eigenvalue weighted by Crippen LogP contribution is -2.35. The smallest absolute Gasteiger partial charge is 0.282 e. The Morgan fingerprint density at radius 1 is 1.15 bits per heavy atom. The van der Waals surface area contributed by atoms with Gasteiger partial charge in [0, 0.05) is 11.4 Å². The number of carbonyl (C=O) groups is 1. The van der Waals surface area contributed by atoms with E-state index in [0.29, 0.717) is 16.6 Å². The molecular formula is C20H15ClN4OS. The van der Waals surface area contributed by atoms with Crippen molar-refractivity contribution in [3.63, 3.8) is 0 Å². The van der Waals surface area contributed by atoms with Gasteiger partial charge in [-0.15, -0.1) is 0 Å². The van der Waals surface area contributed by atoms with Crippen LogP contribution >= 0.6 is 23.4 Å². The number of amides is 1. The highest BCUT2D eigenvalue weighted by atomic mass is 35.5. The first-order valence-electron chi connectivity index (χ1n) is 8.30. The Morgan fingerprint density at radius 3 is 2.56 bits per heavy atom. The van der Waals surface area contributed by atoms with E-state index in [9.17, 15) is 4.79 Å². The predicted octanol–water partition coefficient (Wildman–Crippen LogP) is 4.51. The topological polar surface area (TPSA) is 68.9 Å². The predicted molar refractivity (Wildman–Crippen MR) is 111 cm³/mol. The van der Waals surface area contributed by atoms with Gasteiger partial charge in [-0.3, -0.25) is 10.2 Å². The molecule has 2 aromatic rings. The summed E-state index contributed by atoms with van der Waals surface area (Å²) in [6.45, 7) is 2.00. The summed E-state index contributed by atoms with van der Waals surface area (Å²) in [6.07, 6.45) is 2.28. The first-order valence-corrected chi connectivity index (χ1v) is 9.49. The molecule has 2 aliphatic heterocycles. The summed E-state index contributed by atoms with van der Waals surface area (Å²) in [5, 5.41) is 16.2. The maximum absolute atomic E-state index is 12.4. The molecule has 2 heterocycles. The van der Waals surface area contributed by atoms with Crippen molar-refractivity contribution in [2.45, 2.75) is 13.3 Å². The largest absolute Gasteiger partial charge is 0.283 e. The van der Waals surface area contributed by atoms with E-state index in [1.165, 1.54) is 16.8 Å². The number of hydrogen-bond acceptors (Lipinski definition) is 4. The van der Waals surface area contributed by atoms with E-state index >= 15 is 0 Å². The number of rotatable bonds is 3. The fraction of sp³-hybridized carbons (Fsp3) is 0.100. The van der Waals surface area contributed by atoms with Crippen LogP contribution in [0.25, 0.3) is 6.08 Å². The lowest BCUT2D eigenvalue weighted by atomic mass is 10.1. The molecule has 4 rings (SSSR count). The van der Waals surface area contributed by atoms with Gasteiger partial charge >= 0.3 is 0 Å². The van der Waals surface area contributed by atoms with E-state index in [2.05, 4.69) is 10.1 Å². The number of aryl methyl sites for hydroxylation is 1. The number of carbonyl (C=O) groups excluding carboxylic acids is 1. The van der Waals surface area contributed by atoms with Gasteiger partial charge in [-0.05, 0) is 48.0 Å². The maximum Gasteiger partial charge on any atom is 0.283 e. The Labute approximate surface area is 166 Å². The summed E-state index contributed by atoms with van der Waals surface area (Å²) in [5.74, 6) is -0.369. The molecule has 0 unspecified atom stereocenters. The number of benzene rings is 2. The van der Waals surface area contributed by atoms with Crippen molar-refractivity contribution < 1.29 is 4.79 Å². The molecule has 0 saturated carbocycles. The molecule has 0 aromatic heterocycles. The minimum Gasteiger partial charge on any atom is -0.282 e. The fourth-order valence-electron chi connectivity index (χ4n) is 2.71. The second-order valence-electron chi connectivity index (χ2n) is 6.23. The first-order chi connectivity index (χ1) is 13.0. The van der Waals surface area contributed by atoms with E-state index in [4.69, 9.17) is 17.0 Å². The molecule has 0 fully saturated rings. The van der Waals surface area contributed by atoms with Crippen LogP contribution in [0, 0.1) is 12.3 Å². The van der Waals surface area contributed by atoms with Crippen molar-refractivity contribution in [2.24, 2.45) is 10.1 Å². The molecule has 1 amide bonds. The van der Waals surface area contributed by atoms with Gasteiger partial charge in [-0.25, -0.2) is 0 Å². The van der Waals surface area contributed by atoms with Gasteiger partial charge in [0.1, 0.15) is 5.04 Å². The normalized spacial score (nSPS) is 17.9. The minimum atomic E-state index is -0.415. The van der Waals surface area contributed by atoms with E-state index in [1.54, 1.807) is 6.08 Å². The number of fused-ring (bicyclic) bond motifs is 1. The fourth-order valence-corrected chi connectivity index (χ4v) is 3.75. The van der Waals surface area contributed by atoms with Crippen molar-refractivity contribution >= 4 is 51.4 Å². The second-order valence-corrected chi connectivity index (χ2v) is 7.70. The molecule has 0 atom stereocenters. The van der Waals surface area contributed by atoms with Crippen LogP contribution in [0.1, 0.15) is 16.7 Å². The molecule has 0 aliphatic carbocycles. The third kappa shape index (κ3) is 3.72. The van der Waals surface area contributed by atoms with Gasteiger partial charge in [0.05, 0.1) is 5.57 Å². The average molecular weight is 395 g/mol. The summed E-state index contributed by atoms with van der Waals surface area (Å²) >= 11 is 7.23. The Hall–Kier alpha value is -2.70. The zero-order valence-electron chi connectivity index (χ0n) is 14.4. The van der Waals surface area contributed by atoms with Crippen LogP contribution in [0.4, 0.5) is 0 Å². The summed E-state index contributed by atoms with van der Waals surface area (Å²) in [5.41, 5.74) is 3.28. The molecule has 7 heteroatoms. The standard InChI is InChI=1S/C20H15ClN4OS/c1-12-2-4-13(5-3-12)10-16-18(22)25-20(23-19(16)26)27-17(24-25)11-14-6-8-15(21)9-7-14/h2-10,22H,11H2,1H3. The van der Waals surface area contributed by atoms with Crippen molar-refractivity contribution in [1.82, 2.24) is 5.01 Å². The Kier molecular flexibility index (Phi) is 4.68. The number of nitrogens with one attached hydrogen (secondary N) is 1. The van der Waals surface area contributed by atoms with Gasteiger partial charge in [0.2, 0.25) is 5.17 Å². The Balaban J connectivity index is 1.59. The third-order valence-electron chi connectivity index (χ3n) is 4.15. The molecule has 134 valence electrons. The zero-order chi connectivity index (χ0) is 19.0. The molecule has 2 aromatic carbocycles. The maximum atomic E-state index is 12.4. The SMILES string of the molecule is Cc1ccc(C=C2C(=N)N3N=C(Cc4ccc(Cl)cc4)SC3=NC2=O)cc1. The molecule has 2 aliphatic rings. The zero-order valence-corrected chi connectivity index (χ0v) is 16.0. The summed E-state index contributed by atoms with van der Waals surface area (Å²) in [7, 11) is 0. The van der Waals surface area contributed by atoms with Gasteiger partial charge in [-0.2, -0.15) is 15.1 Å². The first kappa shape index (κ1) is 17.7. The van der Waals surface area contributed by atoms with Crippen LogP contribution in [0.15, 0.2) is 64.2 Å². The average Bonchev–Trinajstić information content (AvgIpc) is 3.04. The van der Waals surface area contributed by atoms with Gasteiger partial charge in [0.15, 0.2) is 5.84 Å². The highest BCUT2D eigenvalue weighted by Gasteiger charge is 2.35. The number of hydrazone groups is 1. The lowest BCUT2D eigenvalue weighted by Gasteiger charge is -2.20. The van der Waals surface area contributed by atoms with Crippen molar-refractivity contribution in [2.75, 3.05) is 0 Å². The molecule has 27 heavy (non-hydrogen) atoms. The molecule has 1 N–H and O–H groups in total. The number of thioether (sulfide) groups is 1. The van der Waals surface area contributed by atoms with E-state index in [1.807, 2.05) is 55.5 Å². The molecule has 0 spiro atoms. The molecule has 0 radical (unpaired) electrons. The van der Waals surface area contributed by atoms with Crippen LogP contribution in [-0.4, -0.2) is 27.0 Å². The lowest BCUT2D eigenvalue weighted by molar-refractivity contribution is -0.114. The van der Waals surface area contributed by atoms with E-state index in [0.717, 1.165) is 21.7 Å². The number of aliphatic imine (C=N–C) groups is 1. The summed E-state index contributed by atoms with van der Waals surface area (Å²) in [4.78, 5) is 16.5. The van der Waals surface area contributed by atoms with Crippen LogP contribution in [-0.2, 0) is 11.2 Å². The molecule has 0 bridgehead atoms. The van der Waals surface area contributed by atoms with Crippen molar-refractivity contribution in [1.29, 1.82) is 5.41 Å². The Bertz CT molecular complexity index is 1020. The number of halogens is 1. The highest BCUT2D eigenvalue weighted by molar-refractivity contribution is 8.26. The molecular weight excluding hydrogens is 380 g/mol. The van der Waals surface area contributed by atoms with Crippen molar-refractivity contribution in [3.05, 3.63) is 75.8 Å². The van der Waals surface area contributed by atoms with Gasteiger partial charge < -0.3 is 0 Å². The van der Waals surface area contributed by atoms with Crippen LogP contribution in [0.3, 0.4) is 0 Å². The van der Waals surface area contributed by atoms with Gasteiger partial charge in [0.25, 0.3) is 5.91 Å². The van der Waals surface area contributed by atoms with Gasteiger partial charge in [-0.1, -0.05) is 53.6 Å². The van der Waals surface area contributed by atoms with Crippen molar-refractivity contribution in [3.8, 4) is 0 Å². The highest BCUT2D eigenvalue weighted by Crippen LogP contribution is 2.29. The van der Waals surface area contributed by atoms with Crippen LogP contribution in [0.2, 0.25) is 5.02 Å². The van der Waals surface area contributed by atoms with Crippen LogP contribution < -0.4 is 0 Å². The number of amidine groups is 2. The second kappa shape index (κ2) is 7.13. The van der Waals surface area contributed by atoms with E-state index < -0.39 is 5.91 Å². The monoisotopic (exact) mass is 394 g/mol. The number of nitrogens with zero attached hydrogens (tertiary/aromatic N) is 3. The third-order valence-corrected chi connectivity index (χ3v) is 5.31. The number of hydrogen-bond donors (Lipinski definition) is 1.